The highest BCUT2D eigenvalue weighted by molar-refractivity contribution is 5.93. The predicted molar refractivity (Wildman–Crippen MR) is 84.1 cm³/mol. The van der Waals surface area contributed by atoms with Gasteiger partial charge in [0.2, 0.25) is 5.91 Å². The van der Waals surface area contributed by atoms with Gasteiger partial charge in [-0.25, -0.2) is 0 Å². The Morgan fingerprint density at radius 2 is 1.95 bits per heavy atom. The molecule has 0 bridgehead atoms. The van der Waals surface area contributed by atoms with Gasteiger partial charge in [0, 0.05) is 18.2 Å². The summed E-state index contributed by atoms with van der Waals surface area (Å²) in [4.78, 5) is 11.5. The second-order valence-electron chi connectivity index (χ2n) is 6.92. The van der Waals surface area contributed by atoms with Crippen molar-refractivity contribution >= 4 is 11.6 Å². The molecule has 0 saturated heterocycles. The van der Waals surface area contributed by atoms with Gasteiger partial charge in [0.05, 0.1) is 0 Å². The number of hydrogen-bond donors (Lipinski definition) is 2. The van der Waals surface area contributed by atoms with Crippen LogP contribution in [0, 0.1) is 17.8 Å². The zero-order valence-electron chi connectivity index (χ0n) is 12.7. The lowest BCUT2D eigenvalue weighted by Gasteiger charge is -2.22. The van der Waals surface area contributed by atoms with Crippen molar-refractivity contribution < 1.29 is 4.79 Å². The Morgan fingerprint density at radius 1 is 1.19 bits per heavy atom. The van der Waals surface area contributed by atoms with Crippen LogP contribution >= 0.6 is 0 Å². The molecule has 2 saturated carbocycles. The van der Waals surface area contributed by atoms with Crippen molar-refractivity contribution in [2.45, 2.75) is 44.6 Å². The largest absolute Gasteiger partial charge is 0.326 e. The van der Waals surface area contributed by atoms with Crippen LogP contribution in [0.15, 0.2) is 18.2 Å². The molecule has 3 nitrogen and oxygen atoms in total. The summed E-state index contributed by atoms with van der Waals surface area (Å²) in [5.74, 6) is 2.88. The number of benzene rings is 1. The lowest BCUT2D eigenvalue weighted by atomic mass is 9.94. The molecule has 2 N–H and O–H groups in total. The van der Waals surface area contributed by atoms with E-state index in [1.54, 1.807) is 0 Å². The molecule has 3 heteroatoms. The van der Waals surface area contributed by atoms with E-state index in [0.29, 0.717) is 12.5 Å². The molecule has 2 aliphatic carbocycles. The second-order valence-corrected chi connectivity index (χ2v) is 6.92. The summed E-state index contributed by atoms with van der Waals surface area (Å²) >= 11 is 0. The molecule has 3 aliphatic rings. The number of rotatable bonds is 3. The predicted octanol–water partition coefficient (Wildman–Crippen LogP) is 3.27. The summed E-state index contributed by atoms with van der Waals surface area (Å²) < 4.78 is 0. The Hall–Kier alpha value is -1.35. The molecule has 0 radical (unpaired) electrons. The molecular weight excluding hydrogens is 260 g/mol. The van der Waals surface area contributed by atoms with E-state index in [2.05, 4.69) is 35.9 Å². The van der Waals surface area contributed by atoms with Crippen LogP contribution in [0.25, 0.3) is 0 Å². The number of carbonyl (C=O) groups excluding carboxylic acids is 1. The first-order valence-corrected chi connectivity index (χ1v) is 8.38. The Balaban J connectivity index is 1.58. The molecule has 1 amide bonds. The van der Waals surface area contributed by atoms with Crippen molar-refractivity contribution in [1.29, 1.82) is 0 Å². The Bertz CT molecular complexity index is 556. The molecule has 1 aromatic rings. The molecule has 3 unspecified atom stereocenters. The van der Waals surface area contributed by atoms with Crippen LogP contribution < -0.4 is 10.6 Å². The van der Waals surface area contributed by atoms with Crippen molar-refractivity contribution in [2.24, 2.45) is 17.8 Å². The Kier molecular flexibility index (Phi) is 3.26. The minimum Gasteiger partial charge on any atom is -0.326 e. The first-order chi connectivity index (χ1) is 10.3. The van der Waals surface area contributed by atoms with Crippen LogP contribution in [0.2, 0.25) is 0 Å². The van der Waals surface area contributed by atoms with Crippen molar-refractivity contribution in [3.8, 4) is 0 Å². The van der Waals surface area contributed by atoms with E-state index < -0.39 is 0 Å². The molecule has 21 heavy (non-hydrogen) atoms. The van der Waals surface area contributed by atoms with Gasteiger partial charge < -0.3 is 10.6 Å². The van der Waals surface area contributed by atoms with Gasteiger partial charge in [-0.15, -0.1) is 0 Å². The van der Waals surface area contributed by atoms with Crippen LogP contribution in [0.4, 0.5) is 5.69 Å². The third-order valence-electron chi connectivity index (χ3n) is 5.80. The van der Waals surface area contributed by atoms with E-state index in [-0.39, 0.29) is 5.91 Å². The number of anilines is 1. The lowest BCUT2D eigenvalue weighted by molar-refractivity contribution is -0.116. The quantitative estimate of drug-likeness (QED) is 0.894. The Labute approximate surface area is 126 Å². The minimum absolute atomic E-state index is 0.147. The van der Waals surface area contributed by atoms with Gasteiger partial charge in [0.15, 0.2) is 0 Å². The van der Waals surface area contributed by atoms with Crippen molar-refractivity contribution in [3.05, 3.63) is 29.3 Å². The molecule has 4 rings (SSSR count). The number of fused-ring (bicyclic) bond motifs is 2. The zero-order chi connectivity index (χ0) is 14.4. The minimum atomic E-state index is 0.147. The van der Waals surface area contributed by atoms with Gasteiger partial charge in [0.1, 0.15) is 0 Å². The van der Waals surface area contributed by atoms with Gasteiger partial charge in [-0.2, -0.15) is 0 Å². The van der Waals surface area contributed by atoms with E-state index >= 15 is 0 Å². The lowest BCUT2D eigenvalue weighted by Crippen LogP contribution is -2.22. The maximum Gasteiger partial charge on any atom is 0.224 e. The fraction of sp³-hybridized carbons (Fsp3) is 0.611. The average molecular weight is 284 g/mol. The Morgan fingerprint density at radius 3 is 2.67 bits per heavy atom. The number of hydrogen-bond acceptors (Lipinski definition) is 2. The van der Waals surface area contributed by atoms with Crippen molar-refractivity contribution in [1.82, 2.24) is 5.32 Å². The summed E-state index contributed by atoms with van der Waals surface area (Å²) in [5, 5.41) is 6.54. The highest BCUT2D eigenvalue weighted by Gasteiger charge is 2.54. The molecule has 0 aromatic heterocycles. The number of aryl methyl sites for hydroxylation is 1. The molecule has 2 fully saturated rings. The second kappa shape index (κ2) is 5.13. The van der Waals surface area contributed by atoms with E-state index in [1.165, 1.54) is 36.8 Å². The van der Waals surface area contributed by atoms with Crippen LogP contribution in [0.1, 0.15) is 49.3 Å². The summed E-state index contributed by atoms with van der Waals surface area (Å²) in [7, 11) is 2.09. The van der Waals surface area contributed by atoms with Gasteiger partial charge in [0.25, 0.3) is 0 Å². The smallest absolute Gasteiger partial charge is 0.224 e. The standard InChI is InChI=1S/C18H24N2O/c1-19-18(17-13-4-2-3-5-14(13)17)12-6-8-15-11(10-12)7-9-16(21)20-15/h6,8,10,13-14,17-19H,2-5,7,9H2,1H3,(H,20,21). The van der Waals surface area contributed by atoms with Gasteiger partial charge >= 0.3 is 0 Å². The molecule has 1 heterocycles. The number of carbonyl (C=O) groups is 1. The third-order valence-corrected chi connectivity index (χ3v) is 5.80. The van der Waals surface area contributed by atoms with Crippen molar-refractivity contribution in [2.75, 3.05) is 12.4 Å². The monoisotopic (exact) mass is 284 g/mol. The topological polar surface area (TPSA) is 41.1 Å². The maximum absolute atomic E-state index is 11.5. The normalized spacial score (nSPS) is 31.9. The zero-order valence-corrected chi connectivity index (χ0v) is 12.7. The first-order valence-electron chi connectivity index (χ1n) is 8.38. The van der Waals surface area contributed by atoms with Gasteiger partial charge in [-0.3, -0.25) is 4.79 Å². The van der Waals surface area contributed by atoms with Gasteiger partial charge in [-0.1, -0.05) is 25.0 Å². The summed E-state index contributed by atoms with van der Waals surface area (Å²) in [5.41, 5.74) is 3.72. The van der Waals surface area contributed by atoms with E-state index in [9.17, 15) is 4.79 Å². The van der Waals surface area contributed by atoms with E-state index in [1.807, 2.05) is 0 Å². The fourth-order valence-electron chi connectivity index (χ4n) is 4.72. The summed E-state index contributed by atoms with van der Waals surface area (Å²) in [6.45, 7) is 0. The average Bonchev–Trinajstić information content (AvgIpc) is 3.23. The fourth-order valence-corrected chi connectivity index (χ4v) is 4.72. The molecule has 3 atom stereocenters. The van der Waals surface area contributed by atoms with Crippen molar-refractivity contribution in [3.63, 3.8) is 0 Å². The van der Waals surface area contributed by atoms with Crippen LogP contribution in [0.3, 0.4) is 0 Å². The van der Waals surface area contributed by atoms with Crippen LogP contribution in [0.5, 0.6) is 0 Å². The highest BCUT2D eigenvalue weighted by atomic mass is 16.1. The maximum atomic E-state index is 11.5. The number of amides is 1. The SMILES string of the molecule is CNC(c1ccc2c(c1)CCC(=O)N2)C1C2CCCCC21. The van der Waals surface area contributed by atoms with Crippen LogP contribution in [-0.2, 0) is 11.2 Å². The molecule has 112 valence electrons. The third kappa shape index (κ3) is 2.28. The van der Waals surface area contributed by atoms with Gasteiger partial charge in [-0.05, 0) is 61.3 Å². The first kappa shape index (κ1) is 13.3. The summed E-state index contributed by atoms with van der Waals surface area (Å²) in [6.07, 6.45) is 7.19. The highest BCUT2D eigenvalue weighted by Crippen LogP contribution is 2.60. The molecule has 0 spiro atoms. The number of nitrogens with one attached hydrogen (secondary N) is 2. The van der Waals surface area contributed by atoms with E-state index in [4.69, 9.17) is 0 Å². The van der Waals surface area contributed by atoms with E-state index in [0.717, 1.165) is 29.9 Å². The molecule has 1 aromatic carbocycles. The molecule has 1 aliphatic heterocycles. The van der Waals surface area contributed by atoms with Crippen LogP contribution in [-0.4, -0.2) is 13.0 Å². The molecular formula is C18H24N2O. The summed E-state index contributed by atoms with van der Waals surface area (Å²) in [6, 6.07) is 7.11.